The van der Waals surface area contributed by atoms with Crippen LogP contribution in [0.4, 0.5) is 10.3 Å². The number of aliphatic hydroxyl groups is 1. The highest BCUT2D eigenvalue weighted by atomic mass is 19.1. The molecule has 0 spiro atoms. The van der Waals surface area contributed by atoms with Gasteiger partial charge in [0.05, 0.1) is 31.1 Å². The van der Waals surface area contributed by atoms with Crippen molar-refractivity contribution in [2.24, 2.45) is 0 Å². The van der Waals surface area contributed by atoms with Crippen molar-refractivity contribution < 1.29 is 14.2 Å². The predicted molar refractivity (Wildman–Crippen MR) is 114 cm³/mol. The number of hydrogen-bond donors (Lipinski definition) is 2. The topological polar surface area (TPSA) is 89.5 Å². The van der Waals surface area contributed by atoms with E-state index in [0.29, 0.717) is 37.6 Å². The number of rotatable bonds is 6. The van der Waals surface area contributed by atoms with E-state index in [1.165, 1.54) is 6.07 Å². The highest BCUT2D eigenvalue weighted by molar-refractivity contribution is 5.77. The van der Waals surface area contributed by atoms with Gasteiger partial charge in [0.1, 0.15) is 17.2 Å². The number of fused-ring (bicyclic) bond motifs is 2. The zero-order chi connectivity index (χ0) is 21.5. The maximum Gasteiger partial charge on any atom is 0.208 e. The smallest absolute Gasteiger partial charge is 0.208 e. The Labute approximate surface area is 178 Å². The van der Waals surface area contributed by atoms with Crippen LogP contribution < -0.4 is 10.1 Å². The van der Waals surface area contributed by atoms with E-state index in [2.05, 4.69) is 20.4 Å². The molecule has 0 saturated carbocycles. The Balaban J connectivity index is 1.47. The molecule has 0 fully saturated rings. The Hall–Kier alpha value is -3.46. The summed E-state index contributed by atoms with van der Waals surface area (Å²) in [5.41, 5.74) is 4.77. The first-order valence-corrected chi connectivity index (χ1v) is 10.2. The summed E-state index contributed by atoms with van der Waals surface area (Å²) < 4.78 is 23.6. The third-order valence-electron chi connectivity index (χ3n) is 5.37. The van der Waals surface area contributed by atoms with Crippen LogP contribution in [0.25, 0.3) is 16.8 Å². The van der Waals surface area contributed by atoms with E-state index in [-0.39, 0.29) is 5.82 Å². The molecule has 9 heteroatoms. The van der Waals surface area contributed by atoms with Crippen molar-refractivity contribution in [2.75, 3.05) is 11.9 Å². The number of ether oxygens (including phenoxy) is 1. The van der Waals surface area contributed by atoms with Gasteiger partial charge in [0.15, 0.2) is 0 Å². The van der Waals surface area contributed by atoms with Crippen LogP contribution in [0.2, 0.25) is 0 Å². The Morgan fingerprint density at radius 2 is 2.16 bits per heavy atom. The van der Waals surface area contributed by atoms with Crippen LogP contribution >= 0.6 is 0 Å². The number of imidazole rings is 1. The predicted octanol–water partition coefficient (Wildman–Crippen LogP) is 2.97. The molecule has 0 radical (unpaired) electrons. The lowest BCUT2D eigenvalue weighted by Crippen LogP contribution is -2.11. The highest BCUT2D eigenvalue weighted by Gasteiger charge is 2.20. The monoisotopic (exact) mass is 422 g/mol. The van der Waals surface area contributed by atoms with Crippen LogP contribution in [0, 0.1) is 12.7 Å². The van der Waals surface area contributed by atoms with Crippen LogP contribution in [-0.4, -0.2) is 42.0 Å². The van der Waals surface area contributed by atoms with Gasteiger partial charge in [-0.05, 0) is 26.0 Å². The van der Waals surface area contributed by atoms with Gasteiger partial charge in [-0.25, -0.2) is 14.4 Å². The van der Waals surface area contributed by atoms with Crippen LogP contribution in [-0.2, 0) is 19.5 Å². The van der Waals surface area contributed by atoms with Gasteiger partial charge >= 0.3 is 0 Å². The SMILES string of the molecule is Cc1cn2c(NCc3c(F)ccc4c3CCO4)ncc(-c3cnn(CC(C)O)c3)c2n1. The van der Waals surface area contributed by atoms with E-state index in [1.807, 2.05) is 23.7 Å². The van der Waals surface area contributed by atoms with Gasteiger partial charge in [-0.1, -0.05) is 0 Å². The fourth-order valence-electron chi connectivity index (χ4n) is 3.98. The second-order valence-corrected chi connectivity index (χ2v) is 7.83. The van der Waals surface area contributed by atoms with Gasteiger partial charge in [0.25, 0.3) is 0 Å². The van der Waals surface area contributed by atoms with E-state index < -0.39 is 6.10 Å². The number of nitrogens with zero attached hydrogens (tertiary/aromatic N) is 5. The molecule has 8 nitrogen and oxygen atoms in total. The summed E-state index contributed by atoms with van der Waals surface area (Å²) in [6.45, 7) is 4.92. The van der Waals surface area contributed by atoms with Gasteiger partial charge in [-0.3, -0.25) is 9.08 Å². The molecule has 1 unspecified atom stereocenters. The summed E-state index contributed by atoms with van der Waals surface area (Å²) in [6, 6.07) is 3.13. The molecule has 0 aliphatic carbocycles. The lowest BCUT2D eigenvalue weighted by molar-refractivity contribution is 0.168. The second-order valence-electron chi connectivity index (χ2n) is 7.83. The standard InChI is InChI=1S/C22H23FN6O2/c1-13-10-29-21(27-13)17(15-7-26-28(12-15)11-14(2)30)8-24-22(29)25-9-18-16-5-6-31-20(16)4-3-19(18)23/h3-4,7-8,10,12,14,30H,5-6,9,11H2,1-2H3,(H,24,25). The zero-order valence-corrected chi connectivity index (χ0v) is 17.3. The number of aromatic nitrogens is 5. The summed E-state index contributed by atoms with van der Waals surface area (Å²) in [5.74, 6) is 1.07. The summed E-state index contributed by atoms with van der Waals surface area (Å²) >= 11 is 0. The van der Waals surface area contributed by atoms with Crippen molar-refractivity contribution in [3.63, 3.8) is 0 Å². The largest absolute Gasteiger partial charge is 0.493 e. The third-order valence-corrected chi connectivity index (χ3v) is 5.37. The maximum atomic E-state index is 14.5. The van der Waals surface area contributed by atoms with E-state index in [4.69, 9.17) is 4.74 Å². The molecule has 4 aromatic rings. The molecular formula is C22H23FN6O2. The number of anilines is 1. The minimum atomic E-state index is -0.489. The van der Waals surface area contributed by atoms with Gasteiger partial charge in [-0.15, -0.1) is 0 Å². The highest BCUT2D eigenvalue weighted by Crippen LogP contribution is 2.31. The number of aryl methyl sites for hydroxylation is 1. The van der Waals surface area contributed by atoms with Crippen LogP contribution in [0.5, 0.6) is 5.75 Å². The normalized spacial score (nSPS) is 13.9. The number of nitrogens with one attached hydrogen (secondary N) is 1. The fraction of sp³-hybridized carbons (Fsp3) is 0.318. The molecule has 0 saturated heterocycles. The molecule has 1 atom stereocenters. The van der Waals surface area contributed by atoms with Crippen LogP contribution in [0.3, 0.4) is 0 Å². The third kappa shape index (κ3) is 3.61. The molecule has 0 bridgehead atoms. The summed E-state index contributed by atoms with van der Waals surface area (Å²) in [6.07, 6.45) is 7.44. The molecule has 1 aliphatic heterocycles. The average molecular weight is 422 g/mol. The maximum absolute atomic E-state index is 14.5. The molecule has 1 aromatic carbocycles. The van der Waals surface area contributed by atoms with Crippen molar-refractivity contribution in [3.8, 4) is 16.9 Å². The van der Waals surface area contributed by atoms with Crippen molar-refractivity contribution in [2.45, 2.75) is 39.5 Å². The van der Waals surface area contributed by atoms with E-state index in [0.717, 1.165) is 33.8 Å². The molecule has 5 rings (SSSR count). The minimum Gasteiger partial charge on any atom is -0.493 e. The number of hydrogen-bond acceptors (Lipinski definition) is 6. The van der Waals surface area contributed by atoms with E-state index >= 15 is 0 Å². The zero-order valence-electron chi connectivity index (χ0n) is 17.3. The molecule has 3 aromatic heterocycles. The van der Waals surface area contributed by atoms with Crippen molar-refractivity contribution >= 4 is 11.6 Å². The van der Waals surface area contributed by atoms with Gasteiger partial charge in [0, 0.05) is 53.8 Å². The molecule has 160 valence electrons. The summed E-state index contributed by atoms with van der Waals surface area (Å²) in [5, 5.41) is 17.2. The van der Waals surface area contributed by atoms with E-state index in [9.17, 15) is 9.50 Å². The van der Waals surface area contributed by atoms with E-state index in [1.54, 1.807) is 30.1 Å². The van der Waals surface area contributed by atoms with Gasteiger partial charge < -0.3 is 15.2 Å². The first-order valence-electron chi connectivity index (χ1n) is 10.2. The second kappa shape index (κ2) is 7.66. The number of halogens is 1. The van der Waals surface area contributed by atoms with Crippen LogP contribution in [0.15, 0.2) is 36.9 Å². The Kier molecular flexibility index (Phi) is 4.82. The molecule has 1 aliphatic rings. The molecule has 31 heavy (non-hydrogen) atoms. The molecule has 0 amide bonds. The molecular weight excluding hydrogens is 399 g/mol. The lowest BCUT2D eigenvalue weighted by atomic mass is 10.0. The van der Waals surface area contributed by atoms with Crippen molar-refractivity contribution in [1.82, 2.24) is 24.1 Å². The quantitative estimate of drug-likeness (QED) is 0.497. The van der Waals surface area contributed by atoms with Crippen molar-refractivity contribution in [3.05, 3.63) is 59.6 Å². The minimum absolute atomic E-state index is 0.253. The van der Waals surface area contributed by atoms with Crippen molar-refractivity contribution in [1.29, 1.82) is 0 Å². The Morgan fingerprint density at radius 3 is 3.00 bits per heavy atom. The lowest BCUT2D eigenvalue weighted by Gasteiger charge is -2.12. The number of aliphatic hydroxyl groups excluding tert-OH is 1. The number of benzene rings is 1. The van der Waals surface area contributed by atoms with Gasteiger partial charge in [-0.2, -0.15) is 5.10 Å². The van der Waals surface area contributed by atoms with Gasteiger partial charge in [0.2, 0.25) is 5.95 Å². The molecule has 2 N–H and O–H groups in total. The fourth-order valence-corrected chi connectivity index (χ4v) is 3.98. The Bertz CT molecular complexity index is 1260. The summed E-state index contributed by atoms with van der Waals surface area (Å²) in [7, 11) is 0. The van der Waals surface area contributed by atoms with Crippen LogP contribution in [0.1, 0.15) is 23.7 Å². The first-order chi connectivity index (χ1) is 15.0. The average Bonchev–Trinajstić information content (AvgIpc) is 3.45. The molecule has 4 heterocycles. The Morgan fingerprint density at radius 1 is 1.29 bits per heavy atom. The first kappa shape index (κ1) is 19.5. The summed E-state index contributed by atoms with van der Waals surface area (Å²) in [4.78, 5) is 9.23.